The topological polar surface area (TPSA) is 33.0 Å². The lowest BCUT2D eigenvalue weighted by molar-refractivity contribution is 0.292. The first-order valence-corrected chi connectivity index (χ1v) is 7.52. The molecule has 2 heteroatoms. The van der Waals surface area contributed by atoms with E-state index in [4.69, 9.17) is 4.74 Å². The van der Waals surface area contributed by atoms with Gasteiger partial charge in [-0.2, -0.15) is 5.26 Å². The molecule has 3 rings (SSSR count). The van der Waals surface area contributed by atoms with Gasteiger partial charge in [-0.1, -0.05) is 42.5 Å². The van der Waals surface area contributed by atoms with Gasteiger partial charge in [0.15, 0.2) is 0 Å². The van der Waals surface area contributed by atoms with Crippen molar-refractivity contribution in [2.45, 2.75) is 31.1 Å². The predicted molar refractivity (Wildman–Crippen MR) is 83.2 cm³/mol. The third kappa shape index (κ3) is 2.78. The molecule has 0 N–H and O–H groups in total. The van der Waals surface area contributed by atoms with Crippen molar-refractivity contribution in [3.05, 3.63) is 65.7 Å². The maximum absolute atomic E-state index is 9.69. The molecule has 0 bridgehead atoms. The number of benzene rings is 2. The number of fused-ring (bicyclic) bond motifs is 1. The highest BCUT2D eigenvalue weighted by molar-refractivity contribution is 5.43. The fraction of sp³-hybridized carbons (Fsp3) is 0.316. The number of hydrogen-bond donors (Lipinski definition) is 0. The minimum absolute atomic E-state index is 0.309. The Kier molecular flexibility index (Phi) is 3.92. The Morgan fingerprint density at radius 2 is 1.81 bits per heavy atom. The number of ether oxygens (including phenoxy) is 1. The van der Waals surface area contributed by atoms with Gasteiger partial charge >= 0.3 is 0 Å². The lowest BCUT2D eigenvalue weighted by atomic mass is 9.79. The Morgan fingerprint density at radius 3 is 2.62 bits per heavy atom. The van der Waals surface area contributed by atoms with Crippen LogP contribution in [0.15, 0.2) is 54.6 Å². The van der Waals surface area contributed by atoms with E-state index < -0.39 is 0 Å². The fourth-order valence-corrected chi connectivity index (χ4v) is 3.20. The molecule has 0 heterocycles. The van der Waals surface area contributed by atoms with Crippen molar-refractivity contribution >= 4 is 0 Å². The molecule has 0 aromatic heterocycles. The molecule has 0 saturated heterocycles. The second-order valence-electron chi connectivity index (χ2n) is 5.62. The van der Waals surface area contributed by atoms with Gasteiger partial charge in [0.2, 0.25) is 0 Å². The van der Waals surface area contributed by atoms with E-state index in [0.717, 1.165) is 31.4 Å². The molecule has 1 unspecified atom stereocenters. The summed E-state index contributed by atoms with van der Waals surface area (Å²) in [4.78, 5) is 0. The molecule has 0 saturated carbocycles. The molecule has 1 aliphatic carbocycles. The third-order valence-corrected chi connectivity index (χ3v) is 4.33. The number of para-hydroxylation sites is 1. The first-order chi connectivity index (χ1) is 10.3. The fourth-order valence-electron chi connectivity index (χ4n) is 3.20. The van der Waals surface area contributed by atoms with Crippen LogP contribution in [0.5, 0.6) is 5.75 Å². The number of aryl methyl sites for hydroxylation is 1. The maximum Gasteiger partial charge on any atom is 0.119 e. The van der Waals surface area contributed by atoms with Gasteiger partial charge in [-0.25, -0.2) is 0 Å². The highest BCUT2D eigenvalue weighted by Gasteiger charge is 2.38. The van der Waals surface area contributed by atoms with Crippen LogP contribution in [-0.4, -0.2) is 6.61 Å². The van der Waals surface area contributed by atoms with Crippen LogP contribution < -0.4 is 4.74 Å². The van der Waals surface area contributed by atoms with Gasteiger partial charge in [0, 0.05) is 0 Å². The zero-order valence-electron chi connectivity index (χ0n) is 12.1. The van der Waals surface area contributed by atoms with Gasteiger partial charge in [-0.05, 0) is 48.9 Å². The van der Waals surface area contributed by atoms with Crippen LogP contribution in [0, 0.1) is 11.3 Å². The van der Waals surface area contributed by atoms with Crippen LogP contribution >= 0.6 is 0 Å². The first kappa shape index (κ1) is 13.7. The average Bonchev–Trinajstić information content (AvgIpc) is 2.92. The van der Waals surface area contributed by atoms with Gasteiger partial charge in [-0.15, -0.1) is 0 Å². The van der Waals surface area contributed by atoms with Crippen LogP contribution in [-0.2, 0) is 11.8 Å². The molecular weight excluding hydrogens is 258 g/mol. The minimum Gasteiger partial charge on any atom is -0.494 e. The summed E-state index contributed by atoms with van der Waals surface area (Å²) in [6, 6.07) is 20.8. The van der Waals surface area contributed by atoms with Crippen LogP contribution in [0.25, 0.3) is 0 Å². The smallest absolute Gasteiger partial charge is 0.119 e. The van der Waals surface area contributed by atoms with Gasteiger partial charge in [0.1, 0.15) is 5.75 Å². The van der Waals surface area contributed by atoms with E-state index in [-0.39, 0.29) is 5.41 Å². The van der Waals surface area contributed by atoms with Crippen molar-refractivity contribution in [1.29, 1.82) is 5.26 Å². The molecule has 1 aliphatic rings. The number of nitrogens with zero attached hydrogens (tertiary/aromatic N) is 1. The maximum atomic E-state index is 9.69. The normalized spacial score (nSPS) is 19.8. The lowest BCUT2D eigenvalue weighted by Crippen LogP contribution is -2.21. The third-order valence-electron chi connectivity index (χ3n) is 4.33. The Bertz CT molecular complexity index is 644. The number of hydrogen-bond acceptors (Lipinski definition) is 2. The molecule has 2 nitrogen and oxygen atoms in total. The van der Waals surface area contributed by atoms with E-state index in [1.165, 1.54) is 11.1 Å². The molecule has 0 fully saturated rings. The SMILES string of the molecule is N#CC1(CCCOc2ccccc2)CCc2ccccc21. The molecule has 0 spiro atoms. The molecule has 1 atom stereocenters. The highest BCUT2D eigenvalue weighted by Crippen LogP contribution is 2.41. The first-order valence-electron chi connectivity index (χ1n) is 7.52. The zero-order valence-corrected chi connectivity index (χ0v) is 12.1. The molecular formula is C19H19NO. The van der Waals surface area contributed by atoms with E-state index >= 15 is 0 Å². The van der Waals surface area contributed by atoms with Crippen LogP contribution in [0.1, 0.15) is 30.4 Å². The highest BCUT2D eigenvalue weighted by atomic mass is 16.5. The lowest BCUT2D eigenvalue weighted by Gasteiger charge is -2.22. The Morgan fingerprint density at radius 1 is 1.05 bits per heavy atom. The molecule has 2 aromatic rings. The summed E-state index contributed by atoms with van der Waals surface area (Å²) < 4.78 is 5.73. The van der Waals surface area contributed by atoms with Crippen molar-refractivity contribution in [2.75, 3.05) is 6.61 Å². The summed E-state index contributed by atoms with van der Waals surface area (Å²) in [6.45, 7) is 0.662. The molecule has 0 aliphatic heterocycles. The van der Waals surface area contributed by atoms with Gasteiger partial charge in [-0.3, -0.25) is 0 Å². The monoisotopic (exact) mass is 277 g/mol. The van der Waals surface area contributed by atoms with Crippen molar-refractivity contribution in [1.82, 2.24) is 0 Å². The Balaban J connectivity index is 1.61. The van der Waals surface area contributed by atoms with Crippen LogP contribution in [0.4, 0.5) is 0 Å². The standard InChI is InChI=1S/C19H19NO/c20-15-19(13-11-16-7-4-5-10-18(16)19)12-6-14-21-17-8-2-1-3-9-17/h1-5,7-10H,6,11-14H2. The summed E-state index contributed by atoms with van der Waals surface area (Å²) in [5.74, 6) is 0.898. The number of rotatable bonds is 5. The van der Waals surface area contributed by atoms with E-state index in [9.17, 15) is 5.26 Å². The molecule has 106 valence electrons. The largest absolute Gasteiger partial charge is 0.494 e. The summed E-state index contributed by atoms with van der Waals surface area (Å²) in [5, 5.41) is 9.69. The summed E-state index contributed by atoms with van der Waals surface area (Å²) >= 11 is 0. The van der Waals surface area contributed by atoms with E-state index in [1.807, 2.05) is 36.4 Å². The predicted octanol–water partition coefficient (Wildman–Crippen LogP) is 4.25. The Hall–Kier alpha value is -2.27. The second-order valence-corrected chi connectivity index (χ2v) is 5.62. The van der Waals surface area contributed by atoms with Crippen molar-refractivity contribution in [2.24, 2.45) is 0 Å². The van der Waals surface area contributed by atoms with Gasteiger partial charge in [0.25, 0.3) is 0 Å². The van der Waals surface area contributed by atoms with Crippen molar-refractivity contribution in [3.63, 3.8) is 0 Å². The van der Waals surface area contributed by atoms with E-state index in [1.54, 1.807) is 0 Å². The van der Waals surface area contributed by atoms with Crippen molar-refractivity contribution < 1.29 is 4.74 Å². The summed E-state index contributed by atoms with van der Waals surface area (Å²) in [7, 11) is 0. The molecule has 0 radical (unpaired) electrons. The average molecular weight is 277 g/mol. The van der Waals surface area contributed by atoms with Crippen LogP contribution in [0.3, 0.4) is 0 Å². The van der Waals surface area contributed by atoms with Gasteiger partial charge in [0.05, 0.1) is 18.1 Å². The van der Waals surface area contributed by atoms with Crippen LogP contribution in [0.2, 0.25) is 0 Å². The minimum atomic E-state index is -0.309. The van der Waals surface area contributed by atoms with E-state index in [0.29, 0.717) is 6.61 Å². The zero-order chi connectivity index (χ0) is 14.5. The molecule has 0 amide bonds. The summed E-state index contributed by atoms with van der Waals surface area (Å²) in [5.41, 5.74) is 2.26. The van der Waals surface area contributed by atoms with Gasteiger partial charge < -0.3 is 4.74 Å². The number of nitriles is 1. The molecule has 2 aromatic carbocycles. The van der Waals surface area contributed by atoms with Crippen molar-refractivity contribution in [3.8, 4) is 11.8 Å². The summed E-state index contributed by atoms with van der Waals surface area (Å²) in [6.07, 6.45) is 3.72. The second kappa shape index (κ2) is 6.01. The molecule has 21 heavy (non-hydrogen) atoms. The Labute approximate surface area is 126 Å². The quantitative estimate of drug-likeness (QED) is 0.765. The van der Waals surface area contributed by atoms with E-state index in [2.05, 4.69) is 24.3 Å².